The molecule has 0 bridgehead atoms. The molecular weight excluding hydrogens is 336 g/mol. The van der Waals surface area contributed by atoms with Gasteiger partial charge in [0.2, 0.25) is 0 Å². The average Bonchev–Trinajstić information content (AvgIpc) is 3.08. The minimum Gasteiger partial charge on any atom is -0.361 e. The fourth-order valence-electron chi connectivity index (χ4n) is 3.46. The number of aromatic amines is 1. The van der Waals surface area contributed by atoms with Crippen molar-refractivity contribution in [3.8, 4) is 0 Å². The number of amides is 1. The number of piperidine rings is 1. The molecule has 0 aliphatic carbocycles. The van der Waals surface area contributed by atoms with Gasteiger partial charge < -0.3 is 14.4 Å². The third kappa shape index (κ3) is 2.73. The first-order valence-electron chi connectivity index (χ1n) is 8.51. The number of aromatic nitrogens is 3. The van der Waals surface area contributed by atoms with Gasteiger partial charge in [-0.1, -0.05) is 17.3 Å². The highest BCUT2D eigenvalue weighted by Crippen LogP contribution is 2.21. The van der Waals surface area contributed by atoms with Gasteiger partial charge in [-0.2, -0.15) is 0 Å². The summed E-state index contributed by atoms with van der Waals surface area (Å²) in [6, 6.07) is 8.33. The number of hydrogen-bond acceptors (Lipinski definition) is 5. The molecule has 1 fully saturated rings. The standard InChI is InChI=1S/C18H18N4O4/c1-11-10-15(20-26-11)17(24)21-8-6-12(7-9-21)22-16(23)13-4-2-3-5-14(13)19-18(22)25/h2-5,10,12H,6-9H2,1H3,(H,19,25). The Morgan fingerprint density at radius 2 is 1.96 bits per heavy atom. The van der Waals surface area contributed by atoms with Gasteiger partial charge in [-0.25, -0.2) is 4.79 Å². The summed E-state index contributed by atoms with van der Waals surface area (Å²) in [5, 5.41) is 4.24. The Morgan fingerprint density at radius 1 is 1.23 bits per heavy atom. The van der Waals surface area contributed by atoms with E-state index in [1.54, 1.807) is 42.2 Å². The lowest BCUT2D eigenvalue weighted by molar-refractivity contribution is 0.0681. The second-order valence-corrected chi connectivity index (χ2v) is 6.50. The van der Waals surface area contributed by atoms with Crippen LogP contribution in [0.4, 0.5) is 0 Å². The Kier molecular flexibility index (Phi) is 3.95. The van der Waals surface area contributed by atoms with Crippen LogP contribution in [0.2, 0.25) is 0 Å². The zero-order valence-corrected chi connectivity index (χ0v) is 14.3. The fraction of sp³-hybridized carbons (Fsp3) is 0.333. The minimum atomic E-state index is -0.411. The van der Waals surface area contributed by atoms with E-state index in [0.29, 0.717) is 42.6 Å². The van der Waals surface area contributed by atoms with Crippen LogP contribution in [0.1, 0.15) is 35.1 Å². The molecule has 1 aromatic carbocycles. The highest BCUT2D eigenvalue weighted by molar-refractivity contribution is 5.92. The molecule has 2 aromatic heterocycles. The molecule has 26 heavy (non-hydrogen) atoms. The highest BCUT2D eigenvalue weighted by atomic mass is 16.5. The summed E-state index contributed by atoms with van der Waals surface area (Å²) in [4.78, 5) is 42.0. The molecule has 1 saturated heterocycles. The summed E-state index contributed by atoms with van der Waals surface area (Å²) in [5.41, 5.74) is 0.112. The average molecular weight is 354 g/mol. The maximum absolute atomic E-state index is 12.7. The van der Waals surface area contributed by atoms with E-state index in [2.05, 4.69) is 10.1 Å². The van der Waals surface area contributed by atoms with Gasteiger partial charge in [0.25, 0.3) is 11.5 Å². The van der Waals surface area contributed by atoms with Crippen molar-refractivity contribution in [1.29, 1.82) is 0 Å². The SMILES string of the molecule is Cc1cc(C(=O)N2CCC(n3c(=O)[nH]c4ccccc4c3=O)CC2)no1. The van der Waals surface area contributed by atoms with Crippen molar-refractivity contribution < 1.29 is 9.32 Å². The minimum absolute atomic E-state index is 0.194. The van der Waals surface area contributed by atoms with E-state index in [4.69, 9.17) is 4.52 Å². The van der Waals surface area contributed by atoms with Gasteiger partial charge in [0.05, 0.1) is 10.9 Å². The van der Waals surface area contributed by atoms with Crippen molar-refractivity contribution in [2.75, 3.05) is 13.1 Å². The second-order valence-electron chi connectivity index (χ2n) is 6.50. The van der Waals surface area contributed by atoms with Crippen LogP contribution in [-0.2, 0) is 0 Å². The number of carbonyl (C=O) groups is 1. The zero-order valence-electron chi connectivity index (χ0n) is 14.3. The molecule has 1 aliphatic heterocycles. The van der Waals surface area contributed by atoms with E-state index in [-0.39, 0.29) is 23.2 Å². The van der Waals surface area contributed by atoms with Crippen LogP contribution < -0.4 is 11.2 Å². The number of hydrogen-bond donors (Lipinski definition) is 1. The van der Waals surface area contributed by atoms with E-state index >= 15 is 0 Å². The van der Waals surface area contributed by atoms with Gasteiger partial charge in [-0.15, -0.1) is 0 Å². The molecule has 134 valence electrons. The lowest BCUT2D eigenvalue weighted by Crippen LogP contribution is -2.45. The van der Waals surface area contributed by atoms with E-state index in [1.807, 2.05) is 0 Å². The van der Waals surface area contributed by atoms with Crippen LogP contribution in [-0.4, -0.2) is 38.6 Å². The van der Waals surface area contributed by atoms with Crippen LogP contribution in [0.25, 0.3) is 10.9 Å². The molecule has 0 saturated carbocycles. The number of para-hydroxylation sites is 1. The third-order valence-corrected chi connectivity index (χ3v) is 4.80. The topological polar surface area (TPSA) is 101 Å². The molecule has 8 heteroatoms. The van der Waals surface area contributed by atoms with Crippen molar-refractivity contribution in [2.24, 2.45) is 0 Å². The Balaban J connectivity index is 1.57. The van der Waals surface area contributed by atoms with Crippen LogP contribution in [0.15, 0.2) is 44.4 Å². The second kappa shape index (κ2) is 6.29. The molecule has 3 aromatic rings. The Hall–Kier alpha value is -3.16. The normalized spacial score (nSPS) is 15.5. The molecule has 1 aliphatic rings. The number of carbonyl (C=O) groups excluding carboxylic acids is 1. The third-order valence-electron chi connectivity index (χ3n) is 4.80. The maximum Gasteiger partial charge on any atom is 0.329 e. The summed E-state index contributed by atoms with van der Waals surface area (Å²) in [5.74, 6) is 0.387. The molecule has 8 nitrogen and oxygen atoms in total. The van der Waals surface area contributed by atoms with Gasteiger partial charge in [-0.3, -0.25) is 14.2 Å². The van der Waals surface area contributed by atoms with Crippen molar-refractivity contribution >= 4 is 16.8 Å². The molecule has 1 amide bonds. The number of nitrogens with one attached hydrogen (secondary N) is 1. The van der Waals surface area contributed by atoms with E-state index < -0.39 is 5.69 Å². The molecule has 1 N–H and O–H groups in total. The number of rotatable bonds is 2. The molecule has 0 radical (unpaired) electrons. The molecular formula is C18H18N4O4. The van der Waals surface area contributed by atoms with Gasteiger partial charge in [-0.05, 0) is 31.9 Å². The van der Waals surface area contributed by atoms with Gasteiger partial charge in [0.1, 0.15) is 5.76 Å². The van der Waals surface area contributed by atoms with Crippen LogP contribution in [0.3, 0.4) is 0 Å². The first-order valence-corrected chi connectivity index (χ1v) is 8.51. The van der Waals surface area contributed by atoms with Crippen LogP contribution in [0.5, 0.6) is 0 Å². The largest absolute Gasteiger partial charge is 0.361 e. The summed E-state index contributed by atoms with van der Waals surface area (Å²) in [6.07, 6.45) is 1.06. The summed E-state index contributed by atoms with van der Waals surface area (Å²) >= 11 is 0. The smallest absolute Gasteiger partial charge is 0.329 e. The van der Waals surface area contributed by atoms with E-state index in [0.717, 1.165) is 0 Å². The number of benzene rings is 1. The number of H-pyrrole nitrogens is 1. The van der Waals surface area contributed by atoms with E-state index in [9.17, 15) is 14.4 Å². The lowest BCUT2D eigenvalue weighted by Gasteiger charge is -2.32. The predicted octanol–water partition coefficient (Wildman–Crippen LogP) is 1.46. The van der Waals surface area contributed by atoms with Crippen molar-refractivity contribution in [1.82, 2.24) is 19.6 Å². The van der Waals surface area contributed by atoms with Crippen molar-refractivity contribution in [3.63, 3.8) is 0 Å². The summed E-state index contributed by atoms with van der Waals surface area (Å²) < 4.78 is 6.23. The zero-order chi connectivity index (χ0) is 18.3. The quantitative estimate of drug-likeness (QED) is 0.751. The predicted molar refractivity (Wildman–Crippen MR) is 94.2 cm³/mol. The molecule has 3 heterocycles. The monoisotopic (exact) mass is 354 g/mol. The summed E-state index contributed by atoms with van der Waals surface area (Å²) in [6.45, 7) is 2.64. The lowest BCUT2D eigenvalue weighted by atomic mass is 10.0. The number of fused-ring (bicyclic) bond motifs is 1. The molecule has 0 atom stereocenters. The molecule has 0 spiro atoms. The van der Waals surface area contributed by atoms with Gasteiger partial charge >= 0.3 is 5.69 Å². The van der Waals surface area contributed by atoms with Crippen LogP contribution >= 0.6 is 0 Å². The number of aryl methyl sites for hydroxylation is 1. The molecule has 0 unspecified atom stereocenters. The first kappa shape index (κ1) is 16.3. The number of likely N-dealkylation sites (tertiary alicyclic amines) is 1. The highest BCUT2D eigenvalue weighted by Gasteiger charge is 2.28. The number of nitrogens with zero attached hydrogens (tertiary/aromatic N) is 3. The first-order chi connectivity index (χ1) is 12.5. The van der Waals surface area contributed by atoms with Crippen molar-refractivity contribution in [3.05, 3.63) is 62.6 Å². The summed E-state index contributed by atoms with van der Waals surface area (Å²) in [7, 11) is 0. The van der Waals surface area contributed by atoms with Crippen LogP contribution in [0, 0.1) is 6.92 Å². The Labute approximate surface area is 148 Å². The maximum atomic E-state index is 12.7. The van der Waals surface area contributed by atoms with Crippen molar-refractivity contribution in [2.45, 2.75) is 25.8 Å². The van der Waals surface area contributed by atoms with Gasteiger partial charge in [0, 0.05) is 25.2 Å². The Bertz CT molecular complexity index is 1090. The van der Waals surface area contributed by atoms with Gasteiger partial charge in [0.15, 0.2) is 5.69 Å². The fourth-order valence-corrected chi connectivity index (χ4v) is 3.46. The molecule has 4 rings (SSSR count). The van der Waals surface area contributed by atoms with E-state index in [1.165, 1.54) is 4.57 Å². The Morgan fingerprint density at radius 3 is 2.65 bits per heavy atom.